The smallest absolute Gasteiger partial charge is 0.124 e. The molecule has 0 spiro atoms. The lowest BCUT2D eigenvalue weighted by molar-refractivity contribution is 0.0555. The van der Waals surface area contributed by atoms with E-state index in [1.807, 2.05) is 25.1 Å². The van der Waals surface area contributed by atoms with Crippen LogP contribution >= 0.6 is 0 Å². The fourth-order valence-corrected chi connectivity index (χ4v) is 2.94. The van der Waals surface area contributed by atoms with Crippen molar-refractivity contribution >= 4 is 0 Å². The fraction of sp³-hybridized carbons (Fsp3) is 0.625. The fourth-order valence-electron chi connectivity index (χ4n) is 2.94. The SMILES string of the molecule is COc1ccc(C)cc1C(O)C1CN(C)CCCN1C. The zero-order valence-electron chi connectivity index (χ0n) is 13.0. The highest BCUT2D eigenvalue weighted by molar-refractivity contribution is 5.39. The highest BCUT2D eigenvalue weighted by atomic mass is 16.5. The first-order chi connectivity index (χ1) is 9.52. The second-order valence-corrected chi connectivity index (χ2v) is 5.85. The molecule has 1 aromatic carbocycles. The third-order valence-electron chi connectivity index (χ3n) is 4.18. The summed E-state index contributed by atoms with van der Waals surface area (Å²) in [7, 11) is 5.87. The number of aliphatic hydroxyl groups excluding tert-OH is 1. The summed E-state index contributed by atoms with van der Waals surface area (Å²) in [4.78, 5) is 4.55. The van der Waals surface area contributed by atoms with E-state index in [4.69, 9.17) is 4.74 Å². The topological polar surface area (TPSA) is 35.9 Å². The third kappa shape index (κ3) is 3.32. The Morgan fingerprint density at radius 2 is 2.05 bits per heavy atom. The molecule has 4 nitrogen and oxygen atoms in total. The van der Waals surface area contributed by atoms with Crippen LogP contribution in [0.1, 0.15) is 23.7 Å². The van der Waals surface area contributed by atoms with Gasteiger partial charge in [0.1, 0.15) is 5.75 Å². The van der Waals surface area contributed by atoms with Crippen LogP contribution in [0.3, 0.4) is 0 Å². The molecule has 1 N–H and O–H groups in total. The molecule has 0 saturated carbocycles. The monoisotopic (exact) mass is 278 g/mol. The highest BCUT2D eigenvalue weighted by Gasteiger charge is 2.29. The lowest BCUT2D eigenvalue weighted by Gasteiger charge is -2.32. The third-order valence-corrected chi connectivity index (χ3v) is 4.18. The van der Waals surface area contributed by atoms with Crippen molar-refractivity contribution < 1.29 is 9.84 Å². The van der Waals surface area contributed by atoms with Crippen molar-refractivity contribution in [2.24, 2.45) is 0 Å². The second-order valence-electron chi connectivity index (χ2n) is 5.85. The predicted octanol–water partition coefficient (Wildman–Crippen LogP) is 1.67. The average molecular weight is 278 g/mol. The van der Waals surface area contributed by atoms with Crippen LogP contribution in [0.4, 0.5) is 0 Å². The van der Waals surface area contributed by atoms with E-state index >= 15 is 0 Å². The Balaban J connectivity index is 2.28. The molecule has 0 aromatic heterocycles. The first-order valence-corrected chi connectivity index (χ1v) is 7.24. The van der Waals surface area contributed by atoms with Crippen LogP contribution in [0.5, 0.6) is 5.75 Å². The number of ether oxygens (including phenoxy) is 1. The van der Waals surface area contributed by atoms with Gasteiger partial charge in [-0.05, 0) is 52.7 Å². The molecular formula is C16H26N2O2. The minimum Gasteiger partial charge on any atom is -0.496 e. The zero-order chi connectivity index (χ0) is 14.7. The van der Waals surface area contributed by atoms with Gasteiger partial charge in [0.25, 0.3) is 0 Å². The van der Waals surface area contributed by atoms with E-state index in [2.05, 4.69) is 23.9 Å². The van der Waals surface area contributed by atoms with Crippen molar-refractivity contribution in [2.45, 2.75) is 25.5 Å². The summed E-state index contributed by atoms with van der Waals surface area (Å²) in [5.74, 6) is 0.767. The van der Waals surface area contributed by atoms with Gasteiger partial charge >= 0.3 is 0 Å². The molecule has 1 saturated heterocycles. The van der Waals surface area contributed by atoms with Crippen LogP contribution in [-0.4, -0.2) is 61.8 Å². The van der Waals surface area contributed by atoms with Crippen molar-refractivity contribution in [1.82, 2.24) is 9.80 Å². The molecule has 0 bridgehead atoms. The van der Waals surface area contributed by atoms with Gasteiger partial charge in [-0.2, -0.15) is 0 Å². The molecule has 0 aliphatic carbocycles. The maximum Gasteiger partial charge on any atom is 0.124 e. The molecule has 1 fully saturated rings. The van der Waals surface area contributed by atoms with E-state index in [9.17, 15) is 5.11 Å². The normalized spacial score (nSPS) is 23.4. The summed E-state index contributed by atoms with van der Waals surface area (Å²) >= 11 is 0. The van der Waals surface area contributed by atoms with E-state index in [-0.39, 0.29) is 6.04 Å². The van der Waals surface area contributed by atoms with Gasteiger partial charge in [-0.1, -0.05) is 11.6 Å². The van der Waals surface area contributed by atoms with Gasteiger partial charge in [-0.3, -0.25) is 4.90 Å². The first-order valence-electron chi connectivity index (χ1n) is 7.24. The maximum absolute atomic E-state index is 10.8. The van der Waals surface area contributed by atoms with Crippen LogP contribution in [0.15, 0.2) is 18.2 Å². The molecule has 1 aliphatic heterocycles. The molecule has 2 rings (SSSR count). The molecule has 1 aliphatic rings. The Labute approximate surface area is 122 Å². The minimum atomic E-state index is -0.532. The molecule has 2 atom stereocenters. The first kappa shape index (κ1) is 15.3. The number of hydrogen-bond donors (Lipinski definition) is 1. The van der Waals surface area contributed by atoms with Gasteiger partial charge in [-0.25, -0.2) is 0 Å². The highest BCUT2D eigenvalue weighted by Crippen LogP contribution is 2.31. The van der Waals surface area contributed by atoms with E-state index < -0.39 is 6.10 Å². The number of hydrogen-bond acceptors (Lipinski definition) is 4. The lowest BCUT2D eigenvalue weighted by atomic mass is 9.98. The predicted molar refractivity (Wildman–Crippen MR) is 81.2 cm³/mol. The van der Waals surface area contributed by atoms with E-state index in [1.54, 1.807) is 7.11 Å². The van der Waals surface area contributed by atoms with Crippen molar-refractivity contribution in [1.29, 1.82) is 0 Å². The number of likely N-dealkylation sites (N-methyl/N-ethyl adjacent to an activating group) is 2. The number of methoxy groups -OCH3 is 1. The molecule has 2 unspecified atom stereocenters. The van der Waals surface area contributed by atoms with Crippen molar-refractivity contribution in [3.8, 4) is 5.75 Å². The summed E-state index contributed by atoms with van der Waals surface area (Å²) < 4.78 is 5.41. The van der Waals surface area contributed by atoms with Crippen LogP contribution in [0.2, 0.25) is 0 Å². The Bertz CT molecular complexity index is 450. The van der Waals surface area contributed by atoms with E-state index in [0.717, 1.165) is 42.9 Å². The van der Waals surface area contributed by atoms with Gasteiger partial charge in [-0.15, -0.1) is 0 Å². The van der Waals surface area contributed by atoms with E-state index in [0.29, 0.717) is 0 Å². The average Bonchev–Trinajstić information content (AvgIpc) is 2.59. The van der Waals surface area contributed by atoms with Crippen LogP contribution in [0.25, 0.3) is 0 Å². The number of aliphatic hydroxyl groups is 1. The summed E-state index contributed by atoms with van der Waals surface area (Å²) in [6.45, 7) is 5.01. The molecule has 112 valence electrons. The summed E-state index contributed by atoms with van der Waals surface area (Å²) in [5.41, 5.74) is 2.03. The molecule has 4 heteroatoms. The molecule has 20 heavy (non-hydrogen) atoms. The molecule has 0 radical (unpaired) electrons. The van der Waals surface area contributed by atoms with Crippen molar-refractivity contribution in [3.05, 3.63) is 29.3 Å². The summed E-state index contributed by atoms with van der Waals surface area (Å²) in [5, 5.41) is 10.8. The van der Waals surface area contributed by atoms with Crippen LogP contribution in [-0.2, 0) is 0 Å². The Morgan fingerprint density at radius 3 is 2.75 bits per heavy atom. The largest absolute Gasteiger partial charge is 0.496 e. The van der Waals surface area contributed by atoms with Gasteiger partial charge in [0.15, 0.2) is 0 Å². The number of benzene rings is 1. The van der Waals surface area contributed by atoms with Gasteiger partial charge < -0.3 is 14.7 Å². The van der Waals surface area contributed by atoms with Crippen LogP contribution in [0, 0.1) is 6.92 Å². The molecule has 1 heterocycles. The zero-order valence-corrected chi connectivity index (χ0v) is 13.0. The Hall–Kier alpha value is -1.10. The minimum absolute atomic E-state index is 0.0956. The molecular weight excluding hydrogens is 252 g/mol. The second kappa shape index (κ2) is 6.57. The maximum atomic E-state index is 10.8. The summed E-state index contributed by atoms with van der Waals surface area (Å²) in [6, 6.07) is 6.08. The van der Waals surface area contributed by atoms with E-state index in [1.165, 1.54) is 0 Å². The molecule has 1 aromatic rings. The number of nitrogens with zero attached hydrogens (tertiary/aromatic N) is 2. The number of rotatable bonds is 3. The van der Waals surface area contributed by atoms with Crippen molar-refractivity contribution in [3.63, 3.8) is 0 Å². The van der Waals surface area contributed by atoms with Crippen molar-refractivity contribution in [2.75, 3.05) is 40.8 Å². The van der Waals surface area contributed by atoms with Crippen LogP contribution < -0.4 is 4.74 Å². The van der Waals surface area contributed by atoms with Gasteiger partial charge in [0, 0.05) is 12.1 Å². The van der Waals surface area contributed by atoms with Gasteiger partial charge in [0.2, 0.25) is 0 Å². The molecule has 0 amide bonds. The summed E-state index contributed by atoms with van der Waals surface area (Å²) in [6.07, 6.45) is 0.608. The van der Waals surface area contributed by atoms with Gasteiger partial charge in [0.05, 0.1) is 19.3 Å². The lowest BCUT2D eigenvalue weighted by Crippen LogP contribution is -2.42. The Morgan fingerprint density at radius 1 is 1.30 bits per heavy atom. The quantitative estimate of drug-likeness (QED) is 0.912. The Kier molecular flexibility index (Phi) is 5.02. The number of aryl methyl sites for hydroxylation is 1. The standard InChI is InChI=1S/C16H26N2O2/c1-12-6-7-15(20-4)13(10-12)16(19)14-11-17(2)8-5-9-18(14)3/h6-7,10,14,16,19H,5,8-9,11H2,1-4H3.